The van der Waals surface area contributed by atoms with Crippen molar-refractivity contribution in [2.75, 3.05) is 45.4 Å². The van der Waals surface area contributed by atoms with Crippen molar-refractivity contribution in [3.63, 3.8) is 0 Å². The Hall–Kier alpha value is -4.71. The van der Waals surface area contributed by atoms with E-state index in [0.29, 0.717) is 57.5 Å². The van der Waals surface area contributed by atoms with E-state index in [0.717, 1.165) is 11.3 Å². The average molecular weight is 619 g/mol. The molecule has 12 heteroatoms. The zero-order valence-electron chi connectivity index (χ0n) is 25.5. The Morgan fingerprint density at radius 3 is 2.41 bits per heavy atom. The Labute approximate surface area is 258 Å². The first kappa shape index (κ1) is 30.7. The zero-order chi connectivity index (χ0) is 31.7. The Morgan fingerprint density at radius 1 is 1.02 bits per heavy atom. The molecule has 3 heterocycles. The SMILES string of the molecule is CCOC(=O)CN1C(=O)/C(=c2\sc3n(c2=O)[C@@H](c2cc(OC)ccc2OC)C(C(=O)N(CC)CC)=C(C)N=3)c2ccccc21. The highest BCUT2D eigenvalue weighted by molar-refractivity contribution is 7.07. The largest absolute Gasteiger partial charge is 0.497 e. The van der Waals surface area contributed by atoms with E-state index in [4.69, 9.17) is 19.2 Å². The molecule has 1 aromatic heterocycles. The van der Waals surface area contributed by atoms with E-state index in [9.17, 15) is 19.2 Å². The van der Waals surface area contributed by atoms with Gasteiger partial charge in [-0.25, -0.2) is 4.99 Å². The number of rotatable bonds is 9. The lowest BCUT2D eigenvalue weighted by Crippen LogP contribution is -2.43. The van der Waals surface area contributed by atoms with Crippen LogP contribution in [-0.4, -0.2) is 67.7 Å². The van der Waals surface area contributed by atoms with Crippen molar-refractivity contribution in [3.05, 3.63) is 84.5 Å². The molecule has 0 N–H and O–H groups in total. The van der Waals surface area contributed by atoms with Crippen molar-refractivity contribution in [2.45, 2.75) is 33.7 Å². The van der Waals surface area contributed by atoms with E-state index >= 15 is 0 Å². The highest BCUT2D eigenvalue weighted by Gasteiger charge is 2.39. The van der Waals surface area contributed by atoms with Gasteiger partial charge in [-0.1, -0.05) is 29.5 Å². The molecule has 0 radical (unpaired) electrons. The summed E-state index contributed by atoms with van der Waals surface area (Å²) < 4.78 is 17.9. The number of likely N-dealkylation sites (N-methyl/N-ethyl adjacent to an activating group) is 1. The molecular weight excluding hydrogens is 584 g/mol. The van der Waals surface area contributed by atoms with Crippen molar-refractivity contribution in [2.24, 2.45) is 4.99 Å². The number of fused-ring (bicyclic) bond motifs is 2. The minimum absolute atomic E-state index is 0.156. The minimum atomic E-state index is -0.916. The van der Waals surface area contributed by atoms with Gasteiger partial charge < -0.3 is 19.1 Å². The van der Waals surface area contributed by atoms with Gasteiger partial charge in [0.15, 0.2) is 4.80 Å². The van der Waals surface area contributed by atoms with Gasteiger partial charge in [-0.15, -0.1) is 0 Å². The van der Waals surface area contributed by atoms with Crippen LogP contribution in [0.25, 0.3) is 5.57 Å². The number of hydrogen-bond donors (Lipinski definition) is 0. The summed E-state index contributed by atoms with van der Waals surface area (Å²) >= 11 is 1.07. The summed E-state index contributed by atoms with van der Waals surface area (Å²) in [5.74, 6) is -0.332. The summed E-state index contributed by atoms with van der Waals surface area (Å²) in [6, 6.07) is 11.3. The first-order valence-electron chi connectivity index (χ1n) is 14.3. The fourth-order valence-electron chi connectivity index (χ4n) is 5.67. The van der Waals surface area contributed by atoms with Crippen LogP contribution in [0, 0.1) is 0 Å². The molecule has 0 saturated heterocycles. The predicted octanol–water partition coefficient (Wildman–Crippen LogP) is 2.40. The number of aromatic nitrogens is 1. The fourth-order valence-corrected chi connectivity index (χ4v) is 6.80. The molecule has 2 aliphatic heterocycles. The second kappa shape index (κ2) is 12.5. The van der Waals surface area contributed by atoms with Crippen LogP contribution in [0.15, 0.2) is 63.5 Å². The van der Waals surface area contributed by atoms with Crippen LogP contribution in [0.4, 0.5) is 5.69 Å². The molecule has 0 fully saturated rings. The third kappa shape index (κ3) is 5.08. The number of esters is 1. The molecule has 0 aliphatic carbocycles. The van der Waals surface area contributed by atoms with Gasteiger partial charge in [0.2, 0.25) is 0 Å². The molecule has 0 bridgehead atoms. The molecule has 0 unspecified atom stereocenters. The van der Waals surface area contributed by atoms with Crippen LogP contribution in [0.3, 0.4) is 0 Å². The lowest BCUT2D eigenvalue weighted by atomic mass is 9.93. The Kier molecular flexibility index (Phi) is 8.73. The van der Waals surface area contributed by atoms with Crippen LogP contribution < -0.4 is 29.3 Å². The number of methoxy groups -OCH3 is 2. The van der Waals surface area contributed by atoms with Crippen LogP contribution in [-0.2, 0) is 19.1 Å². The van der Waals surface area contributed by atoms with Gasteiger partial charge >= 0.3 is 5.97 Å². The summed E-state index contributed by atoms with van der Waals surface area (Å²) in [6.45, 7) is 8.02. The number of amides is 2. The maximum absolute atomic E-state index is 14.5. The number of anilines is 1. The molecule has 0 saturated carbocycles. The lowest BCUT2D eigenvalue weighted by Gasteiger charge is -2.30. The first-order valence-corrected chi connectivity index (χ1v) is 15.1. The van der Waals surface area contributed by atoms with E-state index in [2.05, 4.69) is 0 Å². The average Bonchev–Trinajstić information content (AvgIpc) is 3.48. The van der Waals surface area contributed by atoms with E-state index in [1.807, 2.05) is 13.8 Å². The smallest absolute Gasteiger partial charge is 0.326 e. The molecule has 3 aromatic rings. The second-order valence-electron chi connectivity index (χ2n) is 10.1. The van der Waals surface area contributed by atoms with Gasteiger partial charge in [-0.2, -0.15) is 0 Å². The first-order chi connectivity index (χ1) is 21.2. The van der Waals surface area contributed by atoms with Crippen molar-refractivity contribution >= 4 is 40.4 Å². The Bertz CT molecular complexity index is 1870. The van der Waals surface area contributed by atoms with Crippen LogP contribution in [0.5, 0.6) is 11.5 Å². The maximum atomic E-state index is 14.5. The van der Waals surface area contributed by atoms with Gasteiger partial charge in [-0.05, 0) is 52.0 Å². The van der Waals surface area contributed by atoms with Crippen LogP contribution in [0.1, 0.15) is 44.9 Å². The summed E-state index contributed by atoms with van der Waals surface area (Å²) in [5, 5.41) is 0. The quantitative estimate of drug-likeness (QED) is 0.338. The van der Waals surface area contributed by atoms with E-state index in [-0.39, 0.29) is 29.2 Å². The van der Waals surface area contributed by atoms with Gasteiger partial charge in [0.05, 0.1) is 43.4 Å². The number of thiazole rings is 1. The third-order valence-corrected chi connectivity index (χ3v) is 8.81. The minimum Gasteiger partial charge on any atom is -0.497 e. The molecular formula is C32H34N4O7S. The zero-order valence-corrected chi connectivity index (χ0v) is 26.3. The number of nitrogens with zero attached hydrogens (tertiary/aromatic N) is 4. The van der Waals surface area contributed by atoms with E-state index in [1.54, 1.807) is 61.2 Å². The highest BCUT2D eigenvalue weighted by atomic mass is 32.1. The van der Waals surface area contributed by atoms with Crippen LogP contribution in [0.2, 0.25) is 0 Å². The fraction of sp³-hybridized carbons (Fsp3) is 0.344. The van der Waals surface area contributed by atoms with Crippen molar-refractivity contribution in [3.8, 4) is 11.5 Å². The lowest BCUT2D eigenvalue weighted by molar-refractivity contribution is -0.142. The second-order valence-corrected chi connectivity index (χ2v) is 11.1. The van der Waals surface area contributed by atoms with Crippen molar-refractivity contribution in [1.82, 2.24) is 9.47 Å². The molecule has 230 valence electrons. The van der Waals surface area contributed by atoms with Gasteiger partial charge in [0.25, 0.3) is 17.4 Å². The molecule has 2 amide bonds. The molecule has 11 nitrogen and oxygen atoms in total. The van der Waals surface area contributed by atoms with Crippen molar-refractivity contribution < 1.29 is 28.6 Å². The standard InChI is InChI=1S/C32H34N4O7S/c1-7-34(8-2)29(38)25-18(4)33-32-36(27(25)21-16-19(41-5)14-15-23(21)42-6)31(40)28(44-32)26-20-12-10-11-13-22(20)35(30(26)39)17-24(37)43-9-3/h10-16,27H,7-9,17H2,1-6H3/b28-26-/t27-/m0/s1. The number of benzene rings is 2. The van der Waals surface area contributed by atoms with Crippen molar-refractivity contribution in [1.29, 1.82) is 0 Å². The molecule has 2 aromatic carbocycles. The third-order valence-electron chi connectivity index (χ3n) is 7.75. The molecule has 1 atom stereocenters. The monoisotopic (exact) mass is 618 g/mol. The summed E-state index contributed by atoms with van der Waals surface area (Å²) in [5.41, 5.74) is 2.03. The van der Waals surface area contributed by atoms with E-state index in [1.165, 1.54) is 23.7 Å². The summed E-state index contributed by atoms with van der Waals surface area (Å²) in [4.78, 5) is 62.9. The predicted molar refractivity (Wildman–Crippen MR) is 166 cm³/mol. The number of ether oxygens (including phenoxy) is 3. The maximum Gasteiger partial charge on any atom is 0.326 e. The normalized spacial score (nSPS) is 16.7. The molecule has 2 aliphatic rings. The topological polar surface area (TPSA) is 120 Å². The number of carbonyl (C=O) groups is 3. The molecule has 5 rings (SSSR count). The van der Waals surface area contributed by atoms with Gasteiger partial charge in [0, 0.05) is 24.2 Å². The Balaban J connectivity index is 1.81. The number of para-hydroxylation sites is 1. The molecule has 0 spiro atoms. The van der Waals surface area contributed by atoms with Gasteiger partial charge in [0.1, 0.15) is 28.6 Å². The van der Waals surface area contributed by atoms with Crippen LogP contribution >= 0.6 is 11.3 Å². The Morgan fingerprint density at radius 2 is 1.75 bits per heavy atom. The summed E-state index contributed by atoms with van der Waals surface area (Å²) in [6.07, 6.45) is 0. The number of hydrogen-bond acceptors (Lipinski definition) is 9. The highest BCUT2D eigenvalue weighted by Crippen LogP contribution is 2.39. The summed E-state index contributed by atoms with van der Waals surface area (Å²) in [7, 11) is 3.05. The van der Waals surface area contributed by atoms with Gasteiger partial charge in [-0.3, -0.25) is 28.6 Å². The molecule has 44 heavy (non-hydrogen) atoms. The number of carbonyl (C=O) groups excluding carboxylic acids is 3. The number of allylic oxidation sites excluding steroid dienone is 1. The van der Waals surface area contributed by atoms with E-state index < -0.39 is 23.5 Å².